The Kier molecular flexibility index (Phi) is 5.64. The lowest BCUT2D eigenvalue weighted by molar-refractivity contribution is 0.673. The lowest BCUT2D eigenvalue weighted by Crippen LogP contribution is -1.98. The molecule has 0 aliphatic carbocycles. The van der Waals surface area contributed by atoms with Crippen molar-refractivity contribution in [1.82, 2.24) is 9.13 Å². The van der Waals surface area contributed by atoms with E-state index in [4.69, 9.17) is 11.0 Å². The van der Waals surface area contributed by atoms with E-state index in [1.54, 1.807) is 0 Å². The highest BCUT2D eigenvalue weighted by molar-refractivity contribution is 6.24. The molecule has 0 N–H and O–H groups in total. The standard InChI is InChI=1S/C44H24N4O/c1-46-37-22-20-29(48-40-16-8-4-13-34(40)43-41(48)23-21-33-32-12-5-9-17-42(32)49-44(33)43)25-36(37)35-24-28(19-18-27(35)26-45)47-38-14-6-2-10-30(38)31-11-3-7-15-39(31)47/h2-25H. The second kappa shape index (κ2) is 10.2. The summed E-state index contributed by atoms with van der Waals surface area (Å²) in [5.74, 6) is 0. The van der Waals surface area contributed by atoms with Crippen LogP contribution < -0.4 is 0 Å². The van der Waals surface area contributed by atoms with Gasteiger partial charge in [0, 0.05) is 38.3 Å². The molecule has 0 aliphatic heterocycles. The third-order valence-corrected chi connectivity index (χ3v) is 9.79. The number of furan rings is 1. The van der Waals surface area contributed by atoms with Crippen LogP contribution in [0.3, 0.4) is 0 Å². The van der Waals surface area contributed by atoms with Crippen molar-refractivity contribution in [3.63, 3.8) is 0 Å². The highest BCUT2D eigenvalue weighted by Gasteiger charge is 2.21. The maximum atomic E-state index is 10.4. The van der Waals surface area contributed by atoms with Gasteiger partial charge in [-0.1, -0.05) is 78.9 Å². The van der Waals surface area contributed by atoms with Crippen molar-refractivity contribution in [3.8, 4) is 28.6 Å². The van der Waals surface area contributed by atoms with Gasteiger partial charge in [0.1, 0.15) is 11.2 Å². The second-order valence-electron chi connectivity index (χ2n) is 12.3. The topological polar surface area (TPSA) is 51.1 Å². The zero-order valence-electron chi connectivity index (χ0n) is 26.1. The first kappa shape index (κ1) is 27.1. The van der Waals surface area contributed by atoms with Gasteiger partial charge < -0.3 is 13.6 Å². The molecule has 0 amide bonds. The molecule has 49 heavy (non-hydrogen) atoms. The third-order valence-electron chi connectivity index (χ3n) is 9.79. The van der Waals surface area contributed by atoms with Gasteiger partial charge in [-0.2, -0.15) is 5.26 Å². The summed E-state index contributed by atoms with van der Waals surface area (Å²) in [4.78, 5) is 3.94. The fourth-order valence-electron chi connectivity index (χ4n) is 7.68. The molecule has 0 unspecified atom stereocenters. The highest BCUT2D eigenvalue weighted by Crippen LogP contribution is 2.43. The molecule has 3 aromatic heterocycles. The van der Waals surface area contributed by atoms with Gasteiger partial charge in [-0.3, -0.25) is 0 Å². The number of hydrogen-bond donors (Lipinski definition) is 0. The van der Waals surface area contributed by atoms with Gasteiger partial charge in [-0.15, -0.1) is 0 Å². The summed E-state index contributed by atoms with van der Waals surface area (Å²) in [5.41, 5.74) is 10.2. The largest absolute Gasteiger partial charge is 0.455 e. The van der Waals surface area contributed by atoms with Crippen molar-refractivity contribution < 1.29 is 4.42 Å². The second-order valence-corrected chi connectivity index (χ2v) is 12.3. The van der Waals surface area contributed by atoms with E-state index in [1.807, 2.05) is 66.7 Å². The van der Waals surface area contributed by atoms with Crippen LogP contribution in [0.4, 0.5) is 5.69 Å². The molecular weight excluding hydrogens is 601 g/mol. The lowest BCUT2D eigenvalue weighted by atomic mass is 9.97. The van der Waals surface area contributed by atoms with Crippen LogP contribution in [0.15, 0.2) is 150 Å². The normalized spacial score (nSPS) is 11.6. The molecule has 7 aromatic carbocycles. The van der Waals surface area contributed by atoms with Crippen molar-refractivity contribution in [3.05, 3.63) is 163 Å². The van der Waals surface area contributed by atoms with E-state index in [0.717, 1.165) is 82.5 Å². The number of fused-ring (bicyclic) bond motifs is 10. The average molecular weight is 625 g/mol. The van der Waals surface area contributed by atoms with E-state index in [0.29, 0.717) is 16.8 Å². The van der Waals surface area contributed by atoms with Crippen molar-refractivity contribution in [1.29, 1.82) is 5.26 Å². The predicted molar refractivity (Wildman–Crippen MR) is 199 cm³/mol. The van der Waals surface area contributed by atoms with Crippen LogP contribution in [0.1, 0.15) is 5.56 Å². The van der Waals surface area contributed by atoms with Crippen LogP contribution in [0, 0.1) is 17.9 Å². The van der Waals surface area contributed by atoms with Gasteiger partial charge in [0.15, 0.2) is 5.69 Å². The van der Waals surface area contributed by atoms with Gasteiger partial charge in [0.05, 0.1) is 45.7 Å². The number of hydrogen-bond acceptors (Lipinski definition) is 2. The minimum Gasteiger partial charge on any atom is -0.455 e. The molecule has 0 spiro atoms. The lowest BCUT2D eigenvalue weighted by Gasteiger charge is -2.15. The third kappa shape index (κ3) is 3.79. The zero-order valence-corrected chi connectivity index (χ0v) is 26.1. The smallest absolute Gasteiger partial charge is 0.195 e. The molecule has 0 atom stereocenters. The summed E-state index contributed by atoms with van der Waals surface area (Å²) in [7, 11) is 0. The summed E-state index contributed by atoms with van der Waals surface area (Å²) in [6, 6.07) is 51.8. The average Bonchev–Trinajstić information content (AvgIpc) is 3.82. The minimum absolute atomic E-state index is 0.486. The molecule has 10 rings (SSSR count). The quantitative estimate of drug-likeness (QED) is 0.184. The molecule has 3 heterocycles. The van der Waals surface area contributed by atoms with E-state index in [9.17, 15) is 5.26 Å². The maximum Gasteiger partial charge on any atom is 0.195 e. The highest BCUT2D eigenvalue weighted by atomic mass is 16.3. The maximum absolute atomic E-state index is 10.4. The first-order valence-corrected chi connectivity index (χ1v) is 16.1. The van der Waals surface area contributed by atoms with Crippen LogP contribution in [-0.4, -0.2) is 9.13 Å². The molecule has 0 bridgehead atoms. The van der Waals surface area contributed by atoms with E-state index in [-0.39, 0.29) is 0 Å². The Morgan fingerprint density at radius 3 is 1.80 bits per heavy atom. The molecule has 0 saturated carbocycles. The Morgan fingerprint density at radius 1 is 0.531 bits per heavy atom. The molecule has 0 saturated heterocycles. The van der Waals surface area contributed by atoms with Crippen LogP contribution in [0.2, 0.25) is 0 Å². The Balaban J connectivity index is 1.24. The minimum atomic E-state index is 0.486. The Hall–Kier alpha value is -7.08. The van der Waals surface area contributed by atoms with E-state index in [1.165, 1.54) is 0 Å². The van der Waals surface area contributed by atoms with E-state index in [2.05, 4.69) is 98.9 Å². The van der Waals surface area contributed by atoms with Crippen LogP contribution in [0.25, 0.3) is 92.9 Å². The summed E-state index contributed by atoms with van der Waals surface area (Å²) in [6.07, 6.45) is 0. The summed E-state index contributed by atoms with van der Waals surface area (Å²) in [6.45, 7) is 8.14. The zero-order chi connectivity index (χ0) is 32.6. The van der Waals surface area contributed by atoms with Crippen molar-refractivity contribution >= 4 is 71.2 Å². The molecule has 0 fully saturated rings. The molecular formula is C44H24N4O. The van der Waals surface area contributed by atoms with Crippen LogP contribution in [0.5, 0.6) is 0 Å². The van der Waals surface area contributed by atoms with Gasteiger partial charge in [-0.05, 0) is 77.9 Å². The van der Waals surface area contributed by atoms with Crippen molar-refractivity contribution in [2.24, 2.45) is 0 Å². The summed E-state index contributed by atoms with van der Waals surface area (Å²) in [5, 5.41) is 17.0. The van der Waals surface area contributed by atoms with Crippen LogP contribution in [-0.2, 0) is 0 Å². The number of aromatic nitrogens is 2. The first-order chi connectivity index (χ1) is 24.2. The van der Waals surface area contributed by atoms with Gasteiger partial charge >= 0.3 is 0 Å². The molecule has 5 heteroatoms. The number of nitriles is 1. The Bertz CT molecular complexity index is 3030. The van der Waals surface area contributed by atoms with E-state index >= 15 is 0 Å². The molecule has 10 aromatic rings. The summed E-state index contributed by atoms with van der Waals surface area (Å²) < 4.78 is 11.0. The molecule has 0 radical (unpaired) electrons. The molecule has 5 nitrogen and oxygen atoms in total. The number of rotatable bonds is 3. The SMILES string of the molecule is [C-]#[N+]c1ccc(-n2c3ccccc3c3c4oc5ccccc5c4ccc32)cc1-c1cc(-n2c3ccccc3c3ccccc32)ccc1C#N. The van der Waals surface area contributed by atoms with E-state index < -0.39 is 0 Å². The van der Waals surface area contributed by atoms with Crippen molar-refractivity contribution in [2.45, 2.75) is 0 Å². The van der Waals surface area contributed by atoms with Gasteiger partial charge in [0.2, 0.25) is 0 Å². The number of para-hydroxylation sites is 4. The number of benzene rings is 7. The predicted octanol–water partition coefficient (Wildman–Crippen LogP) is 11.9. The first-order valence-electron chi connectivity index (χ1n) is 16.1. The fourth-order valence-corrected chi connectivity index (χ4v) is 7.68. The Morgan fingerprint density at radius 2 is 1.10 bits per heavy atom. The van der Waals surface area contributed by atoms with Gasteiger partial charge in [0.25, 0.3) is 0 Å². The van der Waals surface area contributed by atoms with Crippen molar-refractivity contribution in [2.75, 3.05) is 0 Å². The van der Waals surface area contributed by atoms with Crippen LogP contribution >= 0.6 is 0 Å². The fraction of sp³-hybridized carbons (Fsp3) is 0. The molecule has 226 valence electrons. The van der Waals surface area contributed by atoms with Gasteiger partial charge in [-0.25, -0.2) is 4.85 Å². The Labute approximate surface area is 280 Å². The monoisotopic (exact) mass is 624 g/mol. The summed E-state index contributed by atoms with van der Waals surface area (Å²) >= 11 is 0. The number of nitrogens with zero attached hydrogens (tertiary/aromatic N) is 4. The molecule has 0 aliphatic rings.